The lowest BCUT2D eigenvalue weighted by Gasteiger charge is -2.06. The molecule has 0 aliphatic rings. The molecule has 4 nitrogen and oxygen atoms in total. The van der Waals surface area contributed by atoms with Gasteiger partial charge in [0.05, 0.1) is 12.8 Å². The Hall–Kier alpha value is -2.99. The van der Waals surface area contributed by atoms with Crippen LogP contribution in [0, 0.1) is 5.82 Å². The van der Waals surface area contributed by atoms with Crippen molar-refractivity contribution in [3.63, 3.8) is 0 Å². The van der Waals surface area contributed by atoms with Gasteiger partial charge in [-0.25, -0.2) is 4.39 Å². The fraction of sp³-hybridized carbons (Fsp3) is 0.100. The summed E-state index contributed by atoms with van der Waals surface area (Å²) < 4.78 is 16.0. The summed E-state index contributed by atoms with van der Waals surface area (Å²) >= 11 is 5.11. The minimum atomic E-state index is -0.208. The molecule has 0 bridgehead atoms. The van der Waals surface area contributed by atoms with Crippen LogP contribution < -0.4 is 10.7 Å². The Morgan fingerprint density at radius 2 is 1.96 bits per heavy atom. The van der Waals surface area contributed by atoms with Crippen molar-refractivity contribution in [3.8, 4) is 0 Å². The van der Waals surface area contributed by atoms with Crippen LogP contribution in [0.1, 0.15) is 11.1 Å². The number of para-hydroxylation sites is 1. The molecule has 2 aromatic carbocycles. The van der Waals surface area contributed by atoms with E-state index in [4.69, 9.17) is 12.2 Å². The lowest BCUT2D eigenvalue weighted by atomic mass is 10.2. The molecule has 0 saturated heterocycles. The summed E-state index contributed by atoms with van der Waals surface area (Å²) in [5, 5.41) is 8.59. The zero-order chi connectivity index (χ0) is 18.4. The van der Waals surface area contributed by atoms with Crippen LogP contribution in [-0.4, -0.2) is 22.4 Å². The molecule has 0 spiro atoms. The molecule has 2 N–H and O–H groups in total. The van der Waals surface area contributed by atoms with Crippen molar-refractivity contribution < 1.29 is 4.39 Å². The minimum absolute atomic E-state index is 0.208. The number of hydrazone groups is 1. The van der Waals surface area contributed by atoms with E-state index in [9.17, 15) is 4.39 Å². The van der Waals surface area contributed by atoms with Gasteiger partial charge in [0.2, 0.25) is 0 Å². The molecule has 6 heteroatoms. The highest BCUT2D eigenvalue weighted by Crippen LogP contribution is 2.21. The highest BCUT2D eigenvalue weighted by Gasteiger charge is 2.09. The first kappa shape index (κ1) is 17.8. The summed E-state index contributed by atoms with van der Waals surface area (Å²) in [4.78, 5) is 0. The maximum absolute atomic E-state index is 14.0. The zero-order valence-electron chi connectivity index (χ0n) is 14.2. The van der Waals surface area contributed by atoms with E-state index in [1.165, 1.54) is 6.07 Å². The van der Waals surface area contributed by atoms with Gasteiger partial charge in [-0.2, -0.15) is 5.10 Å². The van der Waals surface area contributed by atoms with Crippen molar-refractivity contribution in [3.05, 3.63) is 84.3 Å². The Bertz CT molecular complexity index is 961. The van der Waals surface area contributed by atoms with Gasteiger partial charge in [-0.3, -0.25) is 5.43 Å². The summed E-state index contributed by atoms with van der Waals surface area (Å²) in [6, 6.07) is 14.8. The molecular formula is C20H19FN4S. The SMILES string of the molecule is C=CCNC(=S)N/N=C\c1cn(Cc2ccccc2F)c2ccccc12. The van der Waals surface area contributed by atoms with Crippen LogP contribution in [0.5, 0.6) is 0 Å². The summed E-state index contributed by atoms with van der Waals surface area (Å²) in [5.74, 6) is -0.208. The summed E-state index contributed by atoms with van der Waals surface area (Å²) in [5.41, 5.74) is 5.36. The van der Waals surface area contributed by atoms with E-state index in [1.807, 2.05) is 41.1 Å². The molecule has 26 heavy (non-hydrogen) atoms. The second-order valence-electron chi connectivity index (χ2n) is 5.69. The number of aromatic nitrogens is 1. The van der Waals surface area contributed by atoms with Crippen LogP contribution in [0.4, 0.5) is 4.39 Å². The number of nitrogens with one attached hydrogen (secondary N) is 2. The third kappa shape index (κ3) is 4.15. The van der Waals surface area contributed by atoms with Crippen molar-refractivity contribution in [1.82, 2.24) is 15.3 Å². The molecule has 3 aromatic rings. The lowest BCUT2D eigenvalue weighted by Crippen LogP contribution is -2.31. The van der Waals surface area contributed by atoms with Gasteiger partial charge in [0.25, 0.3) is 0 Å². The first-order chi connectivity index (χ1) is 12.7. The smallest absolute Gasteiger partial charge is 0.187 e. The third-order valence-electron chi connectivity index (χ3n) is 3.89. The average Bonchev–Trinajstić information content (AvgIpc) is 3.00. The van der Waals surface area contributed by atoms with E-state index >= 15 is 0 Å². The molecule has 0 unspecified atom stereocenters. The number of benzene rings is 2. The van der Waals surface area contributed by atoms with Gasteiger partial charge in [-0.05, 0) is 24.4 Å². The standard InChI is InChI=1S/C20H19FN4S/c1-2-11-22-20(26)24-23-12-16-14-25(19-10-6-4-8-17(16)19)13-15-7-3-5-9-18(15)21/h2-10,12,14H,1,11,13H2,(H2,22,24,26)/b23-12-. The van der Waals surface area contributed by atoms with Gasteiger partial charge in [0.15, 0.2) is 5.11 Å². The van der Waals surface area contributed by atoms with Gasteiger partial charge in [0.1, 0.15) is 5.82 Å². The van der Waals surface area contributed by atoms with Crippen LogP contribution in [0.2, 0.25) is 0 Å². The Labute approximate surface area is 157 Å². The Morgan fingerprint density at radius 3 is 2.77 bits per heavy atom. The largest absolute Gasteiger partial charge is 0.358 e. The first-order valence-electron chi connectivity index (χ1n) is 8.18. The van der Waals surface area contributed by atoms with Crippen LogP contribution in [0.15, 0.2) is 72.5 Å². The van der Waals surface area contributed by atoms with E-state index < -0.39 is 0 Å². The van der Waals surface area contributed by atoms with Gasteiger partial charge < -0.3 is 9.88 Å². The van der Waals surface area contributed by atoms with Crippen molar-refractivity contribution in [2.75, 3.05) is 6.54 Å². The predicted molar refractivity (Wildman–Crippen MR) is 109 cm³/mol. The van der Waals surface area contributed by atoms with E-state index in [0.29, 0.717) is 23.8 Å². The zero-order valence-corrected chi connectivity index (χ0v) is 15.0. The van der Waals surface area contributed by atoms with Crippen molar-refractivity contribution >= 4 is 34.4 Å². The lowest BCUT2D eigenvalue weighted by molar-refractivity contribution is 0.602. The molecule has 1 heterocycles. The highest BCUT2D eigenvalue weighted by atomic mass is 32.1. The number of thiocarbonyl (C=S) groups is 1. The molecule has 0 aliphatic carbocycles. The molecule has 1 aromatic heterocycles. The van der Waals surface area contributed by atoms with Gasteiger partial charge in [-0.1, -0.05) is 42.5 Å². The number of fused-ring (bicyclic) bond motifs is 1. The number of rotatable bonds is 6. The molecule has 0 atom stereocenters. The second kappa shape index (κ2) is 8.40. The fourth-order valence-electron chi connectivity index (χ4n) is 2.68. The maximum atomic E-state index is 14.0. The summed E-state index contributed by atoms with van der Waals surface area (Å²) in [6.07, 6.45) is 5.39. The van der Waals surface area contributed by atoms with Gasteiger partial charge in [-0.15, -0.1) is 6.58 Å². The maximum Gasteiger partial charge on any atom is 0.187 e. The molecule has 0 aliphatic heterocycles. The first-order valence-corrected chi connectivity index (χ1v) is 8.59. The minimum Gasteiger partial charge on any atom is -0.358 e. The number of hydrogen-bond acceptors (Lipinski definition) is 2. The van der Waals surface area contributed by atoms with Gasteiger partial charge >= 0.3 is 0 Å². The van der Waals surface area contributed by atoms with Crippen LogP contribution in [0.25, 0.3) is 10.9 Å². The molecule has 0 saturated carbocycles. The monoisotopic (exact) mass is 366 g/mol. The van der Waals surface area contributed by atoms with Crippen LogP contribution in [0.3, 0.4) is 0 Å². The normalized spacial score (nSPS) is 11.0. The summed E-state index contributed by atoms with van der Waals surface area (Å²) in [6.45, 7) is 4.65. The molecule has 0 amide bonds. The van der Waals surface area contributed by atoms with Crippen molar-refractivity contribution in [1.29, 1.82) is 0 Å². The van der Waals surface area contributed by atoms with Crippen LogP contribution in [-0.2, 0) is 6.54 Å². The number of halogens is 1. The molecule has 0 fully saturated rings. The second-order valence-corrected chi connectivity index (χ2v) is 6.10. The topological polar surface area (TPSA) is 41.4 Å². The third-order valence-corrected chi connectivity index (χ3v) is 4.13. The van der Waals surface area contributed by atoms with Crippen molar-refractivity contribution in [2.24, 2.45) is 5.10 Å². The Morgan fingerprint density at radius 1 is 1.19 bits per heavy atom. The predicted octanol–water partition coefficient (Wildman–Crippen LogP) is 3.81. The molecule has 0 radical (unpaired) electrons. The van der Waals surface area contributed by atoms with Gasteiger partial charge in [0, 0.05) is 34.8 Å². The van der Waals surface area contributed by atoms with E-state index in [1.54, 1.807) is 24.4 Å². The Kier molecular flexibility index (Phi) is 5.76. The average molecular weight is 366 g/mol. The van der Waals surface area contributed by atoms with Crippen molar-refractivity contribution in [2.45, 2.75) is 6.54 Å². The Balaban J connectivity index is 1.84. The molecular weight excluding hydrogens is 347 g/mol. The quantitative estimate of drug-likeness (QED) is 0.302. The van der Waals surface area contributed by atoms with Crippen LogP contribution >= 0.6 is 12.2 Å². The molecule has 132 valence electrons. The van der Waals surface area contributed by atoms with E-state index in [2.05, 4.69) is 22.4 Å². The van der Waals surface area contributed by atoms with E-state index in [-0.39, 0.29) is 5.82 Å². The highest BCUT2D eigenvalue weighted by molar-refractivity contribution is 7.80. The van der Waals surface area contributed by atoms with E-state index in [0.717, 1.165) is 16.5 Å². The molecule has 3 rings (SSSR count). The number of hydrogen-bond donors (Lipinski definition) is 2. The number of nitrogens with zero attached hydrogens (tertiary/aromatic N) is 2. The fourth-order valence-corrected chi connectivity index (χ4v) is 2.82. The summed E-state index contributed by atoms with van der Waals surface area (Å²) in [7, 11) is 0.